The number of carbonyl (C=O) groups is 2. The molecule has 0 spiro atoms. The van der Waals surface area contributed by atoms with Crippen LogP contribution in [0.15, 0.2) is 12.1 Å². The van der Waals surface area contributed by atoms with Crippen molar-refractivity contribution in [2.75, 3.05) is 21.3 Å². The second-order valence-electron chi connectivity index (χ2n) is 5.25. The first-order valence-electron chi connectivity index (χ1n) is 6.31. The maximum absolute atomic E-state index is 12.1. The van der Waals surface area contributed by atoms with E-state index in [-0.39, 0.29) is 22.6 Å². The van der Waals surface area contributed by atoms with E-state index in [1.807, 2.05) is 0 Å². The van der Waals surface area contributed by atoms with Gasteiger partial charge >= 0.3 is 11.9 Å². The van der Waals surface area contributed by atoms with Gasteiger partial charge in [0, 0.05) is 0 Å². The predicted octanol–water partition coefficient (Wildman–Crippen LogP) is 2.45. The number of esters is 2. The van der Waals surface area contributed by atoms with E-state index in [1.54, 1.807) is 20.8 Å². The van der Waals surface area contributed by atoms with Gasteiger partial charge in [0.15, 0.2) is 0 Å². The molecule has 116 valence electrons. The second kappa shape index (κ2) is 6.47. The zero-order valence-electron chi connectivity index (χ0n) is 13.1. The Bertz CT molecular complexity index is 517. The molecular weight excluding hydrogens is 276 g/mol. The van der Waals surface area contributed by atoms with Crippen LogP contribution in [0.3, 0.4) is 0 Å². The summed E-state index contributed by atoms with van der Waals surface area (Å²) in [7, 11) is 4.03. The Morgan fingerprint density at radius 1 is 0.905 bits per heavy atom. The number of benzene rings is 1. The molecule has 0 N–H and O–H groups in total. The molecule has 0 atom stereocenters. The minimum Gasteiger partial charge on any atom is -0.496 e. The van der Waals surface area contributed by atoms with E-state index in [0.29, 0.717) is 0 Å². The molecule has 0 radical (unpaired) electrons. The highest BCUT2D eigenvalue weighted by Gasteiger charge is 2.25. The van der Waals surface area contributed by atoms with Crippen LogP contribution in [0.4, 0.5) is 0 Å². The van der Waals surface area contributed by atoms with Crippen molar-refractivity contribution in [1.29, 1.82) is 0 Å². The molecule has 0 fully saturated rings. The molecule has 21 heavy (non-hydrogen) atoms. The molecule has 6 heteroatoms. The lowest BCUT2D eigenvalue weighted by atomic mass is 10.1. The molecule has 1 rings (SSSR count). The van der Waals surface area contributed by atoms with Crippen LogP contribution in [0.25, 0.3) is 0 Å². The molecule has 0 aliphatic carbocycles. The summed E-state index contributed by atoms with van der Waals surface area (Å²) in [6.07, 6.45) is 0. The lowest BCUT2D eigenvalue weighted by Crippen LogP contribution is -2.24. The number of hydrogen-bond acceptors (Lipinski definition) is 6. The third-order valence-electron chi connectivity index (χ3n) is 2.53. The third-order valence-corrected chi connectivity index (χ3v) is 2.53. The SMILES string of the molecule is COC(=O)c1c(OC)cc(C(=O)OC(C)(C)C)cc1OC. The lowest BCUT2D eigenvalue weighted by molar-refractivity contribution is 0.00682. The summed E-state index contributed by atoms with van der Waals surface area (Å²) >= 11 is 0. The summed E-state index contributed by atoms with van der Waals surface area (Å²) in [6.45, 7) is 5.30. The van der Waals surface area contributed by atoms with Crippen molar-refractivity contribution in [2.24, 2.45) is 0 Å². The fraction of sp³-hybridized carbons (Fsp3) is 0.467. The number of carbonyl (C=O) groups excluding carboxylic acids is 2. The van der Waals surface area contributed by atoms with Crippen molar-refractivity contribution in [3.05, 3.63) is 23.3 Å². The van der Waals surface area contributed by atoms with Crippen molar-refractivity contribution in [3.8, 4) is 11.5 Å². The molecule has 0 aromatic heterocycles. The Hall–Kier alpha value is -2.24. The van der Waals surface area contributed by atoms with E-state index < -0.39 is 17.5 Å². The third kappa shape index (κ3) is 4.11. The van der Waals surface area contributed by atoms with Crippen molar-refractivity contribution in [2.45, 2.75) is 26.4 Å². The molecule has 1 aromatic rings. The number of methoxy groups -OCH3 is 3. The maximum atomic E-state index is 12.1. The monoisotopic (exact) mass is 296 g/mol. The maximum Gasteiger partial charge on any atom is 0.345 e. The predicted molar refractivity (Wildman–Crippen MR) is 76.1 cm³/mol. The molecular formula is C15H20O6. The molecule has 0 aliphatic heterocycles. The highest BCUT2D eigenvalue weighted by Crippen LogP contribution is 2.32. The van der Waals surface area contributed by atoms with Gasteiger partial charge in [-0.1, -0.05) is 0 Å². The molecule has 6 nitrogen and oxygen atoms in total. The van der Waals surface area contributed by atoms with E-state index in [0.717, 1.165) is 0 Å². The fourth-order valence-corrected chi connectivity index (χ4v) is 1.67. The quantitative estimate of drug-likeness (QED) is 0.795. The average molecular weight is 296 g/mol. The minimum atomic E-state index is -0.626. The smallest absolute Gasteiger partial charge is 0.345 e. The van der Waals surface area contributed by atoms with Crippen LogP contribution in [-0.2, 0) is 9.47 Å². The van der Waals surface area contributed by atoms with Crippen LogP contribution >= 0.6 is 0 Å². The summed E-state index contributed by atoms with van der Waals surface area (Å²) < 4.78 is 20.3. The molecule has 0 amide bonds. The van der Waals surface area contributed by atoms with Gasteiger partial charge in [0.25, 0.3) is 0 Å². The Morgan fingerprint density at radius 3 is 1.71 bits per heavy atom. The van der Waals surface area contributed by atoms with Crippen molar-refractivity contribution < 1.29 is 28.5 Å². The zero-order valence-corrected chi connectivity index (χ0v) is 13.1. The van der Waals surface area contributed by atoms with E-state index in [9.17, 15) is 9.59 Å². The van der Waals surface area contributed by atoms with Gasteiger partial charge in [-0.15, -0.1) is 0 Å². The molecule has 0 bridgehead atoms. The summed E-state index contributed by atoms with van der Waals surface area (Å²) in [5.41, 5.74) is -0.278. The van der Waals surface area contributed by atoms with Gasteiger partial charge in [-0.05, 0) is 32.9 Å². The Labute approximate surface area is 123 Å². The standard InChI is InChI=1S/C15H20O6/c1-15(2,3)21-13(16)9-7-10(18-4)12(14(17)20-6)11(8-9)19-5/h7-8H,1-6H3. The van der Waals surface area contributed by atoms with Crippen LogP contribution in [0, 0.1) is 0 Å². The number of hydrogen-bond donors (Lipinski definition) is 0. The molecule has 0 saturated carbocycles. The summed E-state index contributed by atoms with van der Waals surface area (Å²) in [5, 5.41) is 0. The van der Waals surface area contributed by atoms with Crippen LogP contribution in [0.1, 0.15) is 41.5 Å². The van der Waals surface area contributed by atoms with Gasteiger partial charge in [-0.25, -0.2) is 9.59 Å². The molecule has 0 heterocycles. The van der Waals surface area contributed by atoms with Gasteiger partial charge in [0.1, 0.15) is 22.7 Å². The molecule has 1 aromatic carbocycles. The van der Waals surface area contributed by atoms with E-state index in [1.165, 1.54) is 33.5 Å². The highest BCUT2D eigenvalue weighted by molar-refractivity contribution is 5.99. The van der Waals surface area contributed by atoms with Gasteiger partial charge in [-0.3, -0.25) is 0 Å². The first-order valence-corrected chi connectivity index (χ1v) is 6.31. The second-order valence-corrected chi connectivity index (χ2v) is 5.25. The van der Waals surface area contributed by atoms with Crippen LogP contribution < -0.4 is 9.47 Å². The normalized spacial score (nSPS) is 10.8. The van der Waals surface area contributed by atoms with E-state index in [2.05, 4.69) is 4.74 Å². The molecule has 0 unspecified atom stereocenters. The number of rotatable bonds is 4. The zero-order chi connectivity index (χ0) is 16.2. The Kier molecular flexibility index (Phi) is 5.18. The average Bonchev–Trinajstić information content (AvgIpc) is 2.42. The van der Waals surface area contributed by atoms with Crippen LogP contribution in [-0.4, -0.2) is 38.9 Å². The Morgan fingerprint density at radius 2 is 1.38 bits per heavy atom. The topological polar surface area (TPSA) is 71.1 Å². The summed E-state index contributed by atoms with van der Waals surface area (Å²) in [4.78, 5) is 23.9. The first kappa shape index (κ1) is 16.8. The van der Waals surface area contributed by atoms with E-state index in [4.69, 9.17) is 14.2 Å². The Balaban J connectivity index is 3.33. The van der Waals surface area contributed by atoms with Crippen LogP contribution in [0.5, 0.6) is 11.5 Å². The van der Waals surface area contributed by atoms with Crippen molar-refractivity contribution in [3.63, 3.8) is 0 Å². The van der Waals surface area contributed by atoms with Gasteiger partial charge in [-0.2, -0.15) is 0 Å². The van der Waals surface area contributed by atoms with Crippen molar-refractivity contribution >= 4 is 11.9 Å². The van der Waals surface area contributed by atoms with Gasteiger partial charge in [0.05, 0.1) is 26.9 Å². The molecule has 0 aliphatic rings. The summed E-state index contributed by atoms with van der Waals surface area (Å²) in [5.74, 6) is -0.779. The molecule has 0 saturated heterocycles. The summed E-state index contributed by atoms with van der Waals surface area (Å²) in [6, 6.07) is 2.84. The number of ether oxygens (including phenoxy) is 4. The minimum absolute atomic E-state index is 0.120. The lowest BCUT2D eigenvalue weighted by Gasteiger charge is -2.20. The van der Waals surface area contributed by atoms with Crippen LogP contribution in [0.2, 0.25) is 0 Å². The van der Waals surface area contributed by atoms with Crippen molar-refractivity contribution in [1.82, 2.24) is 0 Å². The van der Waals surface area contributed by atoms with Gasteiger partial charge < -0.3 is 18.9 Å². The van der Waals surface area contributed by atoms with Gasteiger partial charge in [0.2, 0.25) is 0 Å². The first-order chi connectivity index (χ1) is 9.73. The fourth-order valence-electron chi connectivity index (χ4n) is 1.67. The largest absolute Gasteiger partial charge is 0.496 e. The highest BCUT2D eigenvalue weighted by atomic mass is 16.6. The van der Waals surface area contributed by atoms with E-state index >= 15 is 0 Å².